The average molecular weight is 320 g/mol. The molecule has 80 valence electrons. The van der Waals surface area contributed by atoms with Crippen LogP contribution in [0.3, 0.4) is 0 Å². The van der Waals surface area contributed by atoms with E-state index in [0.29, 0.717) is 11.3 Å². The number of hydrogen-bond donors (Lipinski definition) is 2. The number of carbonyl (C=O) groups is 1. The van der Waals surface area contributed by atoms with Crippen molar-refractivity contribution in [1.82, 2.24) is 0 Å². The Labute approximate surface area is 100 Å². The van der Waals surface area contributed by atoms with E-state index in [-0.39, 0.29) is 5.75 Å². The monoisotopic (exact) mass is 320 g/mol. The molecule has 0 aliphatic heterocycles. The molecule has 0 amide bonds. The van der Waals surface area contributed by atoms with E-state index in [1.165, 1.54) is 13.2 Å². The second-order valence-corrected chi connectivity index (χ2v) is 3.96. The van der Waals surface area contributed by atoms with Crippen molar-refractivity contribution in [3.63, 3.8) is 0 Å². The molecule has 0 saturated heterocycles. The molecule has 0 heterocycles. The Balaban J connectivity index is 3.17. The van der Waals surface area contributed by atoms with Gasteiger partial charge in [0, 0.05) is 15.2 Å². The molecular weight excluding hydrogens is 311 g/mol. The molecule has 1 aromatic rings. The van der Waals surface area contributed by atoms with Crippen LogP contribution in [0.25, 0.3) is 6.08 Å². The van der Waals surface area contributed by atoms with Crippen LogP contribution in [-0.4, -0.2) is 23.3 Å². The van der Waals surface area contributed by atoms with E-state index in [0.717, 1.165) is 9.65 Å². The molecule has 0 saturated carbocycles. The highest BCUT2D eigenvalue weighted by atomic mass is 127. The molecular formula is C10H9IO4. The van der Waals surface area contributed by atoms with Crippen LogP contribution in [0.2, 0.25) is 0 Å². The van der Waals surface area contributed by atoms with Crippen LogP contribution in [0, 0.1) is 3.57 Å². The second-order valence-electron chi connectivity index (χ2n) is 2.72. The van der Waals surface area contributed by atoms with Crippen molar-refractivity contribution in [2.45, 2.75) is 0 Å². The summed E-state index contributed by atoms with van der Waals surface area (Å²) in [5.41, 5.74) is 0.418. The molecule has 0 radical (unpaired) electrons. The summed E-state index contributed by atoms with van der Waals surface area (Å²) in [5, 5.41) is 18.1. The number of methoxy groups -OCH3 is 1. The minimum atomic E-state index is -1.06. The lowest BCUT2D eigenvalue weighted by atomic mass is 10.1. The first-order valence-corrected chi connectivity index (χ1v) is 5.10. The molecule has 0 spiro atoms. The van der Waals surface area contributed by atoms with E-state index < -0.39 is 5.97 Å². The number of aliphatic carboxylic acids is 1. The molecule has 1 aromatic carbocycles. The summed E-state index contributed by atoms with van der Waals surface area (Å²) in [7, 11) is 1.44. The fourth-order valence-corrected chi connectivity index (χ4v) is 1.66. The van der Waals surface area contributed by atoms with Gasteiger partial charge in [-0.2, -0.15) is 0 Å². The summed E-state index contributed by atoms with van der Waals surface area (Å²) in [6, 6.07) is 3.33. The number of phenols is 1. The van der Waals surface area contributed by atoms with E-state index >= 15 is 0 Å². The zero-order valence-corrected chi connectivity index (χ0v) is 10.1. The van der Waals surface area contributed by atoms with Gasteiger partial charge in [-0.05, 0) is 40.8 Å². The second kappa shape index (κ2) is 5.01. The number of rotatable bonds is 3. The largest absolute Gasteiger partial charge is 0.504 e. The van der Waals surface area contributed by atoms with Crippen molar-refractivity contribution in [2.24, 2.45) is 0 Å². The molecule has 15 heavy (non-hydrogen) atoms. The predicted molar refractivity (Wildman–Crippen MR) is 64.0 cm³/mol. The number of hydrogen-bond acceptors (Lipinski definition) is 3. The third-order valence-corrected chi connectivity index (χ3v) is 2.32. The first-order chi connectivity index (χ1) is 7.04. The quantitative estimate of drug-likeness (QED) is 0.661. The number of aromatic hydroxyl groups is 1. The molecule has 1 rings (SSSR count). The summed E-state index contributed by atoms with van der Waals surface area (Å²) in [6.45, 7) is 0. The van der Waals surface area contributed by atoms with Gasteiger partial charge < -0.3 is 14.9 Å². The topological polar surface area (TPSA) is 66.8 Å². The van der Waals surface area contributed by atoms with Gasteiger partial charge in [0.2, 0.25) is 0 Å². The van der Waals surface area contributed by atoms with E-state index in [1.807, 2.05) is 0 Å². The Morgan fingerprint density at radius 3 is 2.73 bits per heavy atom. The van der Waals surface area contributed by atoms with Crippen LogP contribution in [0.4, 0.5) is 0 Å². The fraction of sp³-hybridized carbons (Fsp3) is 0.100. The highest BCUT2D eigenvalue weighted by molar-refractivity contribution is 14.1. The summed E-state index contributed by atoms with van der Waals surface area (Å²) in [4.78, 5) is 10.3. The Hall–Kier alpha value is -1.24. The molecule has 0 bridgehead atoms. The number of ether oxygens (including phenoxy) is 1. The predicted octanol–water partition coefficient (Wildman–Crippen LogP) is 2.10. The van der Waals surface area contributed by atoms with Crippen molar-refractivity contribution >= 4 is 34.6 Å². The zero-order chi connectivity index (χ0) is 11.4. The molecule has 5 heteroatoms. The van der Waals surface area contributed by atoms with Crippen LogP contribution in [0.5, 0.6) is 11.5 Å². The van der Waals surface area contributed by atoms with Crippen molar-refractivity contribution in [3.05, 3.63) is 27.3 Å². The maximum absolute atomic E-state index is 10.3. The van der Waals surface area contributed by atoms with Gasteiger partial charge in [0.15, 0.2) is 11.5 Å². The van der Waals surface area contributed by atoms with Gasteiger partial charge in [0.05, 0.1) is 7.11 Å². The first kappa shape index (κ1) is 11.8. The number of benzene rings is 1. The molecule has 0 aliphatic carbocycles. The minimum absolute atomic E-state index is 0.0598. The van der Waals surface area contributed by atoms with Gasteiger partial charge in [0.1, 0.15) is 0 Å². The Kier molecular flexibility index (Phi) is 3.96. The minimum Gasteiger partial charge on any atom is -0.504 e. The number of carboxylic acids is 1. The molecule has 2 N–H and O–H groups in total. The lowest BCUT2D eigenvalue weighted by Crippen LogP contribution is -1.89. The smallest absolute Gasteiger partial charge is 0.328 e. The summed E-state index contributed by atoms with van der Waals surface area (Å²) < 4.78 is 5.79. The van der Waals surface area contributed by atoms with Gasteiger partial charge in [-0.25, -0.2) is 4.79 Å². The molecule has 4 nitrogen and oxygen atoms in total. The summed E-state index contributed by atoms with van der Waals surface area (Å²) in [5.74, 6) is -0.797. The third kappa shape index (κ3) is 3.12. The summed E-state index contributed by atoms with van der Waals surface area (Å²) >= 11 is 2.06. The van der Waals surface area contributed by atoms with Crippen LogP contribution < -0.4 is 4.74 Å². The number of halogens is 1. The van der Waals surface area contributed by atoms with E-state index in [4.69, 9.17) is 9.84 Å². The van der Waals surface area contributed by atoms with Gasteiger partial charge >= 0.3 is 5.97 Å². The Bertz CT molecular complexity index is 412. The lowest BCUT2D eigenvalue weighted by molar-refractivity contribution is -0.131. The molecule has 0 aliphatic rings. The fourth-order valence-electron chi connectivity index (χ4n) is 1.04. The Morgan fingerprint density at radius 2 is 2.20 bits per heavy atom. The highest BCUT2D eigenvalue weighted by Gasteiger charge is 2.07. The maximum Gasteiger partial charge on any atom is 0.328 e. The van der Waals surface area contributed by atoms with Gasteiger partial charge in [-0.3, -0.25) is 0 Å². The third-order valence-electron chi connectivity index (χ3n) is 1.69. The molecule has 0 atom stereocenters. The van der Waals surface area contributed by atoms with Crippen molar-refractivity contribution in [2.75, 3.05) is 7.11 Å². The zero-order valence-electron chi connectivity index (χ0n) is 7.90. The van der Waals surface area contributed by atoms with E-state index in [2.05, 4.69) is 22.6 Å². The first-order valence-electron chi connectivity index (χ1n) is 4.02. The van der Waals surface area contributed by atoms with Crippen LogP contribution in [0.15, 0.2) is 18.2 Å². The average Bonchev–Trinajstić information content (AvgIpc) is 2.18. The van der Waals surface area contributed by atoms with Crippen molar-refractivity contribution < 1.29 is 19.7 Å². The van der Waals surface area contributed by atoms with E-state index in [1.54, 1.807) is 12.1 Å². The summed E-state index contributed by atoms with van der Waals surface area (Å²) in [6.07, 6.45) is 2.28. The van der Waals surface area contributed by atoms with E-state index in [9.17, 15) is 9.90 Å². The molecule has 0 aromatic heterocycles. The van der Waals surface area contributed by atoms with Gasteiger partial charge in [-0.1, -0.05) is 0 Å². The van der Waals surface area contributed by atoms with Crippen LogP contribution in [-0.2, 0) is 4.79 Å². The lowest BCUT2D eigenvalue weighted by Gasteiger charge is -2.06. The Morgan fingerprint density at radius 1 is 1.53 bits per heavy atom. The number of phenolic OH excluding ortho intramolecular Hbond substituents is 1. The standard InChI is InChI=1S/C10H9IO4/c1-15-8-5-7(11)4-6(10(8)14)2-3-9(12)13/h2-5,14H,1H3,(H,12,13)/b3-2+. The van der Waals surface area contributed by atoms with Crippen molar-refractivity contribution in [3.8, 4) is 11.5 Å². The maximum atomic E-state index is 10.3. The van der Waals surface area contributed by atoms with Gasteiger partial charge in [0.25, 0.3) is 0 Å². The van der Waals surface area contributed by atoms with Gasteiger partial charge in [-0.15, -0.1) is 0 Å². The number of carboxylic acid groups (broad SMARTS) is 1. The normalized spacial score (nSPS) is 10.5. The molecule has 0 fully saturated rings. The molecule has 0 unspecified atom stereocenters. The van der Waals surface area contributed by atoms with Crippen molar-refractivity contribution in [1.29, 1.82) is 0 Å². The highest BCUT2D eigenvalue weighted by Crippen LogP contribution is 2.32. The van der Waals surface area contributed by atoms with Crippen LogP contribution >= 0.6 is 22.6 Å². The SMILES string of the molecule is COc1cc(I)cc(/C=C/C(=O)O)c1O. The van der Waals surface area contributed by atoms with Crippen LogP contribution in [0.1, 0.15) is 5.56 Å².